The largest absolute Gasteiger partial charge is 0.352 e. The third-order valence-corrected chi connectivity index (χ3v) is 5.86. The fourth-order valence-electron chi connectivity index (χ4n) is 3.21. The van der Waals surface area contributed by atoms with Crippen molar-refractivity contribution in [2.75, 3.05) is 13.1 Å². The molecule has 27 heavy (non-hydrogen) atoms. The molecule has 1 amide bonds. The van der Waals surface area contributed by atoms with Crippen LogP contribution in [0.5, 0.6) is 0 Å². The molecule has 0 aromatic heterocycles. The van der Waals surface area contributed by atoms with Crippen molar-refractivity contribution in [3.63, 3.8) is 0 Å². The summed E-state index contributed by atoms with van der Waals surface area (Å²) in [4.78, 5) is 15.7. The smallest absolute Gasteiger partial charge is 0.233 e. The molecular weight excluding hydrogens is 366 g/mol. The van der Waals surface area contributed by atoms with Gasteiger partial charge in [-0.05, 0) is 49.6 Å². The van der Waals surface area contributed by atoms with Crippen LogP contribution in [0.2, 0.25) is 0 Å². The van der Waals surface area contributed by atoms with Gasteiger partial charge in [0.2, 0.25) is 5.91 Å². The Morgan fingerprint density at radius 1 is 1.15 bits per heavy atom. The molecule has 1 atom stereocenters. The third kappa shape index (κ3) is 5.78. The molecule has 1 saturated heterocycles. The van der Waals surface area contributed by atoms with Crippen molar-refractivity contribution in [3.8, 4) is 0 Å². The fourth-order valence-corrected chi connectivity index (χ4v) is 4.10. The highest BCUT2D eigenvalue weighted by Crippen LogP contribution is 2.23. The first-order valence-corrected chi connectivity index (χ1v) is 10.1. The van der Waals surface area contributed by atoms with E-state index in [1.807, 2.05) is 37.3 Å². The van der Waals surface area contributed by atoms with Gasteiger partial charge in [0.15, 0.2) is 11.6 Å². The molecule has 6 heteroatoms. The Hall–Kier alpha value is -1.92. The number of hydrogen-bond donors (Lipinski definition) is 1. The predicted octanol–water partition coefficient (Wildman–Crippen LogP) is 4.23. The standard InChI is InChI=1S/C21H24F2N2OS/c1-15(27-18-5-3-2-4-6-18)21(26)24-17-9-11-25(12-10-17)14-16-7-8-19(22)20(23)13-16/h2-8,13,15,17H,9-12,14H2,1H3,(H,24,26)/t15-/m0/s1. The molecule has 144 valence electrons. The summed E-state index contributed by atoms with van der Waals surface area (Å²) in [6, 6.07) is 14.1. The van der Waals surface area contributed by atoms with Gasteiger partial charge in [-0.3, -0.25) is 9.69 Å². The Morgan fingerprint density at radius 2 is 1.85 bits per heavy atom. The lowest BCUT2D eigenvalue weighted by atomic mass is 10.0. The van der Waals surface area contributed by atoms with Crippen molar-refractivity contribution in [2.45, 2.75) is 42.5 Å². The number of carbonyl (C=O) groups is 1. The number of nitrogens with one attached hydrogen (secondary N) is 1. The molecule has 0 spiro atoms. The van der Waals surface area contributed by atoms with E-state index in [0.717, 1.165) is 36.4 Å². The summed E-state index contributed by atoms with van der Waals surface area (Å²) in [5.41, 5.74) is 0.768. The van der Waals surface area contributed by atoms with Gasteiger partial charge in [0.25, 0.3) is 0 Å². The number of thioether (sulfide) groups is 1. The third-order valence-electron chi connectivity index (χ3n) is 4.75. The van der Waals surface area contributed by atoms with Crippen molar-refractivity contribution in [1.82, 2.24) is 10.2 Å². The van der Waals surface area contributed by atoms with Crippen LogP contribution >= 0.6 is 11.8 Å². The van der Waals surface area contributed by atoms with E-state index in [-0.39, 0.29) is 17.2 Å². The Morgan fingerprint density at radius 3 is 2.52 bits per heavy atom. The van der Waals surface area contributed by atoms with Crippen LogP contribution in [-0.4, -0.2) is 35.2 Å². The molecule has 1 aliphatic heterocycles. The lowest BCUT2D eigenvalue weighted by Gasteiger charge is -2.32. The quantitative estimate of drug-likeness (QED) is 0.750. The molecule has 1 aliphatic rings. The lowest BCUT2D eigenvalue weighted by molar-refractivity contribution is -0.121. The highest BCUT2D eigenvalue weighted by molar-refractivity contribution is 8.00. The van der Waals surface area contributed by atoms with E-state index in [0.29, 0.717) is 6.54 Å². The number of halogens is 2. The molecule has 2 aromatic carbocycles. The molecule has 0 aliphatic carbocycles. The van der Waals surface area contributed by atoms with Crippen molar-refractivity contribution >= 4 is 17.7 Å². The first-order valence-electron chi connectivity index (χ1n) is 9.19. The van der Waals surface area contributed by atoms with Crippen LogP contribution < -0.4 is 5.32 Å². The van der Waals surface area contributed by atoms with Crippen molar-refractivity contribution < 1.29 is 13.6 Å². The predicted molar refractivity (Wildman–Crippen MR) is 105 cm³/mol. The highest BCUT2D eigenvalue weighted by atomic mass is 32.2. The molecule has 0 unspecified atom stereocenters. The normalized spacial score (nSPS) is 16.9. The number of piperidine rings is 1. The second kappa shape index (κ2) is 9.33. The van der Waals surface area contributed by atoms with E-state index in [1.165, 1.54) is 12.1 Å². The summed E-state index contributed by atoms with van der Waals surface area (Å²) < 4.78 is 26.4. The summed E-state index contributed by atoms with van der Waals surface area (Å²) >= 11 is 1.56. The zero-order valence-corrected chi connectivity index (χ0v) is 16.1. The molecule has 2 aromatic rings. The van der Waals surface area contributed by atoms with Gasteiger partial charge in [-0.1, -0.05) is 24.3 Å². The van der Waals surface area contributed by atoms with E-state index >= 15 is 0 Å². The van der Waals surface area contributed by atoms with Crippen molar-refractivity contribution in [3.05, 3.63) is 65.7 Å². The van der Waals surface area contributed by atoms with Gasteiger partial charge in [-0.2, -0.15) is 0 Å². The van der Waals surface area contributed by atoms with Gasteiger partial charge in [-0.25, -0.2) is 8.78 Å². The SMILES string of the molecule is C[C@H](Sc1ccccc1)C(=O)NC1CCN(Cc2ccc(F)c(F)c2)CC1. The minimum Gasteiger partial charge on any atom is -0.352 e. The maximum absolute atomic E-state index is 13.3. The first kappa shape index (κ1) is 19.8. The molecule has 3 nitrogen and oxygen atoms in total. The fraction of sp³-hybridized carbons (Fsp3) is 0.381. The van der Waals surface area contributed by atoms with Crippen molar-refractivity contribution in [2.24, 2.45) is 0 Å². The van der Waals surface area contributed by atoms with E-state index in [4.69, 9.17) is 0 Å². The maximum atomic E-state index is 13.3. The van der Waals surface area contributed by atoms with Crippen molar-refractivity contribution in [1.29, 1.82) is 0 Å². The number of amides is 1. The minimum atomic E-state index is -0.817. The molecule has 0 bridgehead atoms. The van der Waals surface area contributed by atoms with Gasteiger partial charge in [0, 0.05) is 30.6 Å². The first-order chi connectivity index (χ1) is 13.0. The average Bonchev–Trinajstić information content (AvgIpc) is 2.67. The summed E-state index contributed by atoms with van der Waals surface area (Å²) in [7, 11) is 0. The minimum absolute atomic E-state index is 0.0582. The summed E-state index contributed by atoms with van der Waals surface area (Å²) in [5.74, 6) is -1.56. The van der Waals surface area contributed by atoms with Gasteiger partial charge in [0.1, 0.15) is 0 Å². The van der Waals surface area contributed by atoms with Crippen LogP contribution in [0.15, 0.2) is 53.4 Å². The van der Waals surface area contributed by atoms with Gasteiger partial charge in [-0.15, -0.1) is 11.8 Å². The number of carbonyl (C=O) groups excluding carboxylic acids is 1. The number of hydrogen-bond acceptors (Lipinski definition) is 3. The number of benzene rings is 2. The van der Waals surface area contributed by atoms with E-state index < -0.39 is 11.6 Å². The molecule has 0 saturated carbocycles. The molecule has 1 N–H and O–H groups in total. The highest BCUT2D eigenvalue weighted by Gasteiger charge is 2.23. The average molecular weight is 390 g/mol. The summed E-state index contributed by atoms with van der Waals surface area (Å²) in [6.07, 6.45) is 1.72. The number of likely N-dealkylation sites (tertiary alicyclic amines) is 1. The Labute approximate surface area is 163 Å². The zero-order valence-electron chi connectivity index (χ0n) is 15.3. The number of nitrogens with zero attached hydrogens (tertiary/aromatic N) is 1. The summed E-state index contributed by atoms with van der Waals surface area (Å²) in [6.45, 7) is 4.16. The molecule has 0 radical (unpaired) electrons. The van der Waals surface area contributed by atoms with E-state index in [9.17, 15) is 13.6 Å². The van der Waals surface area contributed by atoms with Crippen LogP contribution in [0.25, 0.3) is 0 Å². The molecule has 3 rings (SSSR count). The molecule has 1 fully saturated rings. The number of rotatable bonds is 6. The second-order valence-electron chi connectivity index (χ2n) is 6.88. The Bertz CT molecular complexity index is 764. The van der Waals surface area contributed by atoms with Gasteiger partial charge >= 0.3 is 0 Å². The molecule has 1 heterocycles. The van der Waals surface area contributed by atoms with Crippen LogP contribution in [-0.2, 0) is 11.3 Å². The van der Waals surface area contributed by atoms with Gasteiger partial charge < -0.3 is 5.32 Å². The topological polar surface area (TPSA) is 32.3 Å². The van der Waals surface area contributed by atoms with E-state index in [2.05, 4.69) is 10.2 Å². The van der Waals surface area contributed by atoms with Crippen LogP contribution in [0.4, 0.5) is 8.78 Å². The molecular formula is C21H24F2N2OS. The van der Waals surface area contributed by atoms with Crippen LogP contribution in [0.3, 0.4) is 0 Å². The maximum Gasteiger partial charge on any atom is 0.233 e. The second-order valence-corrected chi connectivity index (χ2v) is 8.29. The van der Waals surface area contributed by atoms with Crippen LogP contribution in [0, 0.1) is 11.6 Å². The van der Waals surface area contributed by atoms with Gasteiger partial charge in [0.05, 0.1) is 5.25 Å². The zero-order chi connectivity index (χ0) is 19.2. The summed E-state index contributed by atoms with van der Waals surface area (Å²) in [5, 5.41) is 3.00. The Balaban J connectivity index is 1.43. The Kier molecular flexibility index (Phi) is 6.85. The lowest BCUT2D eigenvalue weighted by Crippen LogP contribution is -2.46. The monoisotopic (exact) mass is 390 g/mol. The van der Waals surface area contributed by atoms with E-state index in [1.54, 1.807) is 17.8 Å². The van der Waals surface area contributed by atoms with Crippen LogP contribution in [0.1, 0.15) is 25.3 Å².